The lowest BCUT2D eigenvalue weighted by Crippen LogP contribution is -2.46. The summed E-state index contributed by atoms with van der Waals surface area (Å²) in [6, 6.07) is 17.8. The van der Waals surface area contributed by atoms with E-state index in [2.05, 4.69) is 17.0 Å². The summed E-state index contributed by atoms with van der Waals surface area (Å²) in [5, 5.41) is 0. The largest absolute Gasteiger partial charge is 0.492 e. The highest BCUT2D eigenvalue weighted by Gasteiger charge is 2.53. The normalized spacial score (nSPS) is 21.9. The van der Waals surface area contributed by atoms with Crippen LogP contribution in [0.4, 0.5) is 0 Å². The lowest BCUT2D eigenvalue weighted by Gasteiger charge is -2.35. The molecule has 0 bridgehead atoms. The van der Waals surface area contributed by atoms with Crippen molar-refractivity contribution in [3.8, 4) is 5.75 Å². The van der Waals surface area contributed by atoms with E-state index in [1.807, 2.05) is 47.4 Å². The summed E-state index contributed by atoms with van der Waals surface area (Å²) in [7, 11) is 0. The van der Waals surface area contributed by atoms with E-state index < -0.39 is 0 Å². The summed E-state index contributed by atoms with van der Waals surface area (Å²) in [6.45, 7) is 3.75. The van der Waals surface area contributed by atoms with Gasteiger partial charge in [0.25, 0.3) is 5.91 Å². The summed E-state index contributed by atoms with van der Waals surface area (Å²) in [4.78, 5) is 30.3. The first kappa shape index (κ1) is 21.0. The van der Waals surface area contributed by atoms with Gasteiger partial charge in [-0.2, -0.15) is 0 Å². The number of nitrogens with zero attached hydrogens (tertiary/aromatic N) is 2. The van der Waals surface area contributed by atoms with E-state index in [-0.39, 0.29) is 23.1 Å². The Morgan fingerprint density at radius 3 is 2.31 bits per heavy atom. The molecule has 168 valence electrons. The fourth-order valence-electron chi connectivity index (χ4n) is 5.26. The van der Waals surface area contributed by atoms with E-state index in [4.69, 9.17) is 4.74 Å². The molecule has 1 unspecified atom stereocenters. The van der Waals surface area contributed by atoms with Crippen LogP contribution in [-0.4, -0.2) is 54.4 Å². The molecule has 3 aliphatic rings. The number of benzene rings is 2. The maximum absolute atomic E-state index is 13.4. The maximum Gasteiger partial charge on any atom is 0.257 e. The van der Waals surface area contributed by atoms with Crippen molar-refractivity contribution in [2.24, 2.45) is 5.92 Å². The molecule has 2 aliphatic heterocycles. The molecule has 0 N–H and O–H groups in total. The smallest absolute Gasteiger partial charge is 0.257 e. The van der Waals surface area contributed by atoms with Gasteiger partial charge in [0.1, 0.15) is 5.75 Å². The minimum Gasteiger partial charge on any atom is -0.492 e. The molecule has 1 saturated carbocycles. The van der Waals surface area contributed by atoms with E-state index in [0.717, 1.165) is 70.3 Å². The first-order valence-corrected chi connectivity index (χ1v) is 12.0. The molecule has 5 rings (SSSR count). The van der Waals surface area contributed by atoms with E-state index in [1.165, 1.54) is 0 Å². The van der Waals surface area contributed by atoms with Crippen LogP contribution >= 0.6 is 0 Å². The molecular weight excluding hydrogens is 400 g/mol. The second-order valence-electron chi connectivity index (χ2n) is 9.51. The predicted octanol–water partition coefficient (Wildman–Crippen LogP) is 4.27. The topological polar surface area (TPSA) is 49.9 Å². The average molecular weight is 433 g/mol. The third-order valence-electron chi connectivity index (χ3n) is 7.28. The van der Waals surface area contributed by atoms with Gasteiger partial charge in [0.05, 0.1) is 17.6 Å². The van der Waals surface area contributed by atoms with Gasteiger partial charge < -0.3 is 14.5 Å². The molecule has 0 radical (unpaired) electrons. The summed E-state index contributed by atoms with van der Waals surface area (Å²) in [5.41, 5.74) is 1.50. The first-order chi connectivity index (χ1) is 15.7. The number of carbonyl (C=O) groups is 2. The van der Waals surface area contributed by atoms with E-state index in [9.17, 15) is 9.59 Å². The van der Waals surface area contributed by atoms with Gasteiger partial charge in [-0.15, -0.1) is 0 Å². The number of para-hydroxylation sites is 1. The van der Waals surface area contributed by atoms with Crippen LogP contribution in [-0.2, 0) is 10.2 Å². The van der Waals surface area contributed by atoms with Crippen molar-refractivity contribution >= 4 is 11.8 Å². The lowest BCUT2D eigenvalue weighted by atomic mass is 9.91. The van der Waals surface area contributed by atoms with Crippen molar-refractivity contribution < 1.29 is 14.3 Å². The van der Waals surface area contributed by atoms with Crippen molar-refractivity contribution in [1.82, 2.24) is 9.80 Å². The highest BCUT2D eigenvalue weighted by atomic mass is 16.5. The van der Waals surface area contributed by atoms with Gasteiger partial charge >= 0.3 is 0 Å². The van der Waals surface area contributed by atoms with Crippen LogP contribution in [0.5, 0.6) is 5.75 Å². The van der Waals surface area contributed by atoms with Gasteiger partial charge in [0.15, 0.2) is 0 Å². The second-order valence-corrected chi connectivity index (χ2v) is 9.51. The SMILES string of the molecule is O=C(c1ccccc1OCC1CCCN(C(=O)C2(c3ccccc3)CC2)C1)N1CCCC1. The Balaban J connectivity index is 1.22. The Morgan fingerprint density at radius 1 is 0.875 bits per heavy atom. The number of carbonyl (C=O) groups excluding carboxylic acids is 2. The number of ether oxygens (including phenoxy) is 1. The van der Waals surface area contributed by atoms with Gasteiger partial charge in [-0.05, 0) is 56.2 Å². The van der Waals surface area contributed by atoms with Gasteiger partial charge in [-0.25, -0.2) is 0 Å². The average Bonchev–Trinajstić information content (AvgIpc) is 3.48. The van der Waals surface area contributed by atoms with Crippen molar-refractivity contribution in [3.05, 3.63) is 65.7 Å². The second kappa shape index (κ2) is 8.97. The highest BCUT2D eigenvalue weighted by Crippen LogP contribution is 2.50. The van der Waals surface area contributed by atoms with Crippen LogP contribution in [0.15, 0.2) is 54.6 Å². The van der Waals surface area contributed by atoms with Crippen LogP contribution in [0.1, 0.15) is 54.4 Å². The Morgan fingerprint density at radius 2 is 1.56 bits per heavy atom. The van der Waals surface area contributed by atoms with Crippen LogP contribution in [0.2, 0.25) is 0 Å². The highest BCUT2D eigenvalue weighted by molar-refractivity contribution is 5.97. The number of rotatable bonds is 6. The summed E-state index contributed by atoms with van der Waals surface area (Å²) >= 11 is 0. The minimum absolute atomic E-state index is 0.0667. The summed E-state index contributed by atoms with van der Waals surface area (Å²) in [6.07, 6.45) is 6.08. The van der Waals surface area contributed by atoms with Crippen molar-refractivity contribution in [3.63, 3.8) is 0 Å². The molecule has 1 atom stereocenters. The van der Waals surface area contributed by atoms with E-state index >= 15 is 0 Å². The summed E-state index contributed by atoms with van der Waals surface area (Å²) in [5.74, 6) is 1.29. The predicted molar refractivity (Wildman–Crippen MR) is 124 cm³/mol. The standard InChI is InChI=1S/C27H32N2O3/c30-25(28-16-6-7-17-28)23-12-4-5-13-24(23)32-20-21-9-8-18-29(19-21)26(31)27(14-15-27)22-10-2-1-3-11-22/h1-5,10-13,21H,6-9,14-20H2. The van der Waals surface area contributed by atoms with Crippen LogP contribution in [0, 0.1) is 5.92 Å². The third-order valence-corrected chi connectivity index (χ3v) is 7.28. The quantitative estimate of drug-likeness (QED) is 0.685. The van der Waals surface area contributed by atoms with Crippen molar-refractivity contribution in [2.45, 2.75) is 43.9 Å². The fourth-order valence-corrected chi connectivity index (χ4v) is 5.26. The number of piperidine rings is 1. The van der Waals surface area contributed by atoms with Crippen LogP contribution in [0.3, 0.4) is 0 Å². The zero-order valence-electron chi connectivity index (χ0n) is 18.7. The molecule has 0 spiro atoms. The van der Waals surface area contributed by atoms with Gasteiger partial charge in [-0.3, -0.25) is 9.59 Å². The van der Waals surface area contributed by atoms with Gasteiger partial charge in [-0.1, -0.05) is 42.5 Å². The zero-order chi connectivity index (χ0) is 22.0. The summed E-state index contributed by atoms with van der Waals surface area (Å²) < 4.78 is 6.19. The lowest BCUT2D eigenvalue weighted by molar-refractivity contribution is -0.136. The van der Waals surface area contributed by atoms with Crippen LogP contribution < -0.4 is 4.74 Å². The van der Waals surface area contributed by atoms with Gasteiger partial charge in [0, 0.05) is 32.1 Å². The molecule has 32 heavy (non-hydrogen) atoms. The monoisotopic (exact) mass is 432 g/mol. The maximum atomic E-state index is 13.4. The molecule has 1 aliphatic carbocycles. The molecule has 2 aromatic rings. The number of likely N-dealkylation sites (tertiary alicyclic amines) is 2. The molecule has 5 nitrogen and oxygen atoms in total. The van der Waals surface area contributed by atoms with Crippen molar-refractivity contribution in [1.29, 1.82) is 0 Å². The minimum atomic E-state index is -0.307. The zero-order valence-corrected chi connectivity index (χ0v) is 18.7. The molecule has 2 aromatic carbocycles. The fraction of sp³-hybridized carbons (Fsp3) is 0.481. The number of amides is 2. The third kappa shape index (κ3) is 4.13. The Hall–Kier alpha value is -2.82. The first-order valence-electron chi connectivity index (χ1n) is 12.0. The molecular formula is C27H32N2O3. The Kier molecular flexibility index (Phi) is 5.90. The Labute approximate surface area is 190 Å². The molecule has 2 heterocycles. The molecule has 3 fully saturated rings. The van der Waals surface area contributed by atoms with E-state index in [1.54, 1.807) is 0 Å². The van der Waals surface area contributed by atoms with Crippen LogP contribution in [0.25, 0.3) is 0 Å². The van der Waals surface area contributed by atoms with Crippen molar-refractivity contribution in [2.75, 3.05) is 32.8 Å². The van der Waals surface area contributed by atoms with E-state index in [0.29, 0.717) is 17.9 Å². The molecule has 2 amide bonds. The molecule has 0 aromatic heterocycles. The number of hydrogen-bond donors (Lipinski definition) is 0. The van der Waals surface area contributed by atoms with Gasteiger partial charge in [0.2, 0.25) is 5.91 Å². The Bertz CT molecular complexity index is 964. The molecule has 5 heteroatoms. The molecule has 2 saturated heterocycles. The number of hydrogen-bond acceptors (Lipinski definition) is 3.